The number of hydrogen-bond acceptors (Lipinski definition) is 3. The first-order valence-electron chi connectivity index (χ1n) is 4.93. The molecule has 2 rings (SSSR count). The van der Waals surface area contributed by atoms with Gasteiger partial charge in [-0.15, -0.1) is 0 Å². The van der Waals surface area contributed by atoms with Crippen LogP contribution in [0.2, 0.25) is 0 Å². The summed E-state index contributed by atoms with van der Waals surface area (Å²) in [6.45, 7) is 0. The molecule has 0 aliphatic heterocycles. The quantitative estimate of drug-likeness (QED) is 0.793. The van der Waals surface area contributed by atoms with E-state index in [4.69, 9.17) is 10.00 Å². The monoisotopic (exact) mass is 228 g/mol. The Labute approximate surface area is 98.1 Å². The minimum Gasteiger partial charge on any atom is -0.495 e. The van der Waals surface area contributed by atoms with Crippen LogP contribution in [0.3, 0.4) is 0 Å². The number of nitriles is 1. The Balaban J connectivity index is 2.55. The summed E-state index contributed by atoms with van der Waals surface area (Å²) in [6.07, 6.45) is 3.07. The van der Waals surface area contributed by atoms with E-state index in [-0.39, 0.29) is 5.82 Å². The van der Waals surface area contributed by atoms with Gasteiger partial charge in [-0.2, -0.15) is 5.26 Å². The molecule has 0 saturated carbocycles. The van der Waals surface area contributed by atoms with E-state index in [1.165, 1.54) is 37.7 Å². The third kappa shape index (κ3) is 2.23. The van der Waals surface area contributed by atoms with Crippen molar-refractivity contribution in [3.8, 4) is 22.9 Å². The van der Waals surface area contributed by atoms with Crippen LogP contribution in [0, 0.1) is 17.1 Å². The van der Waals surface area contributed by atoms with Crippen LogP contribution in [0.25, 0.3) is 11.1 Å². The first kappa shape index (κ1) is 11.1. The highest BCUT2D eigenvalue weighted by Crippen LogP contribution is 2.25. The zero-order chi connectivity index (χ0) is 12.3. The molecule has 4 heteroatoms. The average Bonchev–Trinajstić information content (AvgIpc) is 2.39. The predicted molar refractivity (Wildman–Crippen MR) is 60.9 cm³/mol. The Morgan fingerprint density at radius 2 is 2.12 bits per heavy atom. The minimum absolute atomic E-state index is 0.343. The first-order valence-corrected chi connectivity index (χ1v) is 4.93. The van der Waals surface area contributed by atoms with E-state index in [0.29, 0.717) is 22.4 Å². The second-order valence-electron chi connectivity index (χ2n) is 3.42. The number of methoxy groups -OCH3 is 1. The molecule has 1 aromatic heterocycles. The fraction of sp³-hybridized carbons (Fsp3) is 0.0769. The van der Waals surface area contributed by atoms with Crippen LogP contribution in [0.1, 0.15) is 5.56 Å². The third-order valence-electron chi connectivity index (χ3n) is 2.36. The van der Waals surface area contributed by atoms with Gasteiger partial charge < -0.3 is 4.74 Å². The summed E-state index contributed by atoms with van der Waals surface area (Å²) in [7, 11) is 1.52. The van der Waals surface area contributed by atoms with Gasteiger partial charge in [-0.3, -0.25) is 4.98 Å². The molecular weight excluding hydrogens is 219 g/mol. The Morgan fingerprint density at radius 3 is 2.82 bits per heavy atom. The summed E-state index contributed by atoms with van der Waals surface area (Å²) in [5.74, 6) is 0.156. The van der Waals surface area contributed by atoms with E-state index < -0.39 is 0 Å². The molecule has 0 fully saturated rings. The lowest BCUT2D eigenvalue weighted by molar-refractivity contribution is 0.413. The highest BCUT2D eigenvalue weighted by molar-refractivity contribution is 5.66. The summed E-state index contributed by atoms with van der Waals surface area (Å²) in [4.78, 5) is 3.95. The van der Waals surface area contributed by atoms with Crippen LogP contribution in [-0.2, 0) is 0 Å². The second kappa shape index (κ2) is 4.62. The van der Waals surface area contributed by atoms with Crippen LogP contribution in [-0.4, -0.2) is 12.1 Å². The van der Waals surface area contributed by atoms with Gasteiger partial charge >= 0.3 is 0 Å². The maximum atomic E-state index is 13.6. The van der Waals surface area contributed by atoms with Crippen LogP contribution in [0.4, 0.5) is 4.39 Å². The van der Waals surface area contributed by atoms with Gasteiger partial charge in [0.2, 0.25) is 0 Å². The van der Waals surface area contributed by atoms with Gasteiger partial charge in [0.05, 0.1) is 24.9 Å². The lowest BCUT2D eigenvalue weighted by Gasteiger charge is -2.05. The topological polar surface area (TPSA) is 45.9 Å². The molecule has 84 valence electrons. The number of rotatable bonds is 2. The zero-order valence-electron chi connectivity index (χ0n) is 9.14. The molecule has 0 unspecified atom stereocenters. The van der Waals surface area contributed by atoms with E-state index >= 15 is 0 Å². The molecular formula is C13H9FN2O. The lowest BCUT2D eigenvalue weighted by Crippen LogP contribution is -1.89. The van der Waals surface area contributed by atoms with E-state index in [1.54, 1.807) is 6.07 Å². The van der Waals surface area contributed by atoms with Crippen LogP contribution in [0.5, 0.6) is 5.75 Å². The fourth-order valence-corrected chi connectivity index (χ4v) is 1.49. The Kier molecular flexibility index (Phi) is 3.01. The largest absolute Gasteiger partial charge is 0.495 e. The molecule has 1 aromatic carbocycles. The highest BCUT2D eigenvalue weighted by Gasteiger charge is 2.07. The number of ether oxygens (including phenoxy) is 1. The van der Waals surface area contributed by atoms with Gasteiger partial charge in [0.25, 0.3) is 0 Å². The summed E-state index contributed by atoms with van der Waals surface area (Å²) in [6, 6.07) is 7.85. The van der Waals surface area contributed by atoms with Crippen LogP contribution in [0.15, 0.2) is 36.7 Å². The van der Waals surface area contributed by atoms with Gasteiger partial charge in [-0.1, -0.05) is 0 Å². The molecule has 0 radical (unpaired) electrons. The first-order chi connectivity index (χ1) is 8.24. The fourth-order valence-electron chi connectivity index (χ4n) is 1.49. The van der Waals surface area contributed by atoms with Crippen molar-refractivity contribution in [2.45, 2.75) is 0 Å². The Morgan fingerprint density at radius 1 is 1.29 bits per heavy atom. The molecule has 3 nitrogen and oxygen atoms in total. The summed E-state index contributed by atoms with van der Waals surface area (Å²) >= 11 is 0. The van der Waals surface area contributed by atoms with Crippen molar-refractivity contribution >= 4 is 0 Å². The Hall–Kier alpha value is -2.41. The molecule has 0 amide bonds. The average molecular weight is 228 g/mol. The van der Waals surface area contributed by atoms with Crippen molar-refractivity contribution in [2.24, 2.45) is 0 Å². The van der Waals surface area contributed by atoms with Gasteiger partial charge in [0.1, 0.15) is 11.6 Å². The van der Waals surface area contributed by atoms with Crippen LogP contribution < -0.4 is 4.74 Å². The van der Waals surface area contributed by atoms with Crippen molar-refractivity contribution in [3.05, 3.63) is 48.0 Å². The van der Waals surface area contributed by atoms with Gasteiger partial charge in [0, 0.05) is 17.3 Å². The predicted octanol–water partition coefficient (Wildman–Crippen LogP) is 2.77. The van der Waals surface area contributed by atoms with Crippen LogP contribution >= 0.6 is 0 Å². The van der Waals surface area contributed by atoms with Crippen molar-refractivity contribution in [2.75, 3.05) is 7.11 Å². The van der Waals surface area contributed by atoms with E-state index in [1.807, 2.05) is 6.07 Å². The molecule has 0 aliphatic rings. The van der Waals surface area contributed by atoms with E-state index in [0.717, 1.165) is 0 Å². The Bertz CT molecular complexity index is 590. The van der Waals surface area contributed by atoms with E-state index in [9.17, 15) is 4.39 Å². The molecule has 2 aromatic rings. The van der Waals surface area contributed by atoms with Crippen molar-refractivity contribution in [1.29, 1.82) is 5.26 Å². The molecule has 0 atom stereocenters. The number of hydrogen-bond donors (Lipinski definition) is 0. The van der Waals surface area contributed by atoms with Crippen molar-refractivity contribution in [3.63, 3.8) is 0 Å². The normalized spacial score (nSPS) is 9.71. The minimum atomic E-state index is -0.390. The van der Waals surface area contributed by atoms with E-state index in [2.05, 4.69) is 4.98 Å². The molecule has 1 heterocycles. The standard InChI is InChI=1S/C13H9FN2O/c1-17-11-5-10(7-16-8-11)12-4-9(6-15)2-3-13(12)14/h2-5,7-8H,1H3. The molecule has 0 saturated heterocycles. The maximum Gasteiger partial charge on any atom is 0.137 e. The number of halogens is 1. The third-order valence-corrected chi connectivity index (χ3v) is 2.36. The number of pyridine rings is 1. The summed E-state index contributed by atoms with van der Waals surface area (Å²) in [5.41, 5.74) is 1.33. The SMILES string of the molecule is COc1cncc(-c2cc(C#N)ccc2F)c1. The van der Waals surface area contributed by atoms with Gasteiger partial charge in [-0.05, 0) is 24.3 Å². The number of nitrogens with zero attached hydrogens (tertiary/aromatic N) is 2. The molecule has 0 N–H and O–H groups in total. The second-order valence-corrected chi connectivity index (χ2v) is 3.42. The summed E-state index contributed by atoms with van der Waals surface area (Å²) < 4.78 is 18.7. The molecule has 17 heavy (non-hydrogen) atoms. The highest BCUT2D eigenvalue weighted by atomic mass is 19.1. The smallest absolute Gasteiger partial charge is 0.137 e. The molecule has 0 spiro atoms. The molecule has 0 aliphatic carbocycles. The maximum absolute atomic E-state index is 13.6. The van der Waals surface area contributed by atoms with Gasteiger partial charge in [-0.25, -0.2) is 4.39 Å². The molecule has 0 bridgehead atoms. The summed E-state index contributed by atoms with van der Waals surface area (Å²) in [5, 5.41) is 8.79. The number of benzene rings is 1. The van der Waals surface area contributed by atoms with Gasteiger partial charge in [0.15, 0.2) is 0 Å². The zero-order valence-corrected chi connectivity index (χ0v) is 9.14. The van der Waals surface area contributed by atoms with Crippen molar-refractivity contribution in [1.82, 2.24) is 4.98 Å². The lowest BCUT2D eigenvalue weighted by atomic mass is 10.0. The number of aromatic nitrogens is 1. The van der Waals surface area contributed by atoms with Crippen molar-refractivity contribution < 1.29 is 9.13 Å².